The van der Waals surface area contributed by atoms with E-state index in [0.29, 0.717) is 5.56 Å². The van der Waals surface area contributed by atoms with Gasteiger partial charge in [-0.3, -0.25) is 4.79 Å². The number of carbonyl (C=O) groups excluding carboxylic acids is 1. The molecule has 0 saturated carbocycles. The Morgan fingerprint density at radius 3 is 2.09 bits per heavy atom. The van der Waals surface area contributed by atoms with Gasteiger partial charge in [-0.2, -0.15) is 0 Å². The number of para-hydroxylation sites is 3. The summed E-state index contributed by atoms with van der Waals surface area (Å²) >= 11 is 3.41. The van der Waals surface area contributed by atoms with Crippen molar-refractivity contribution < 1.29 is 4.79 Å². The first-order valence-corrected chi connectivity index (χ1v) is 8.00. The maximum Gasteiger partial charge on any atom is 0.256 e. The quantitative estimate of drug-likeness (QED) is 0.644. The molecule has 0 unspecified atom stereocenters. The van der Waals surface area contributed by atoms with Crippen molar-refractivity contribution in [2.24, 2.45) is 0 Å². The Labute approximate surface area is 143 Å². The van der Waals surface area contributed by atoms with Crippen molar-refractivity contribution in [3.05, 3.63) is 88.9 Å². The Balaban J connectivity index is 1.84. The number of amides is 1. The molecule has 2 N–H and O–H groups in total. The zero-order chi connectivity index (χ0) is 16.1. The molecule has 0 spiro atoms. The summed E-state index contributed by atoms with van der Waals surface area (Å²) < 4.78 is 0.769. The summed E-state index contributed by atoms with van der Waals surface area (Å²) in [5.41, 5.74) is 3.15. The highest BCUT2D eigenvalue weighted by molar-refractivity contribution is 9.10. The zero-order valence-corrected chi connectivity index (χ0v) is 13.9. The highest BCUT2D eigenvalue weighted by atomic mass is 79.9. The molecule has 0 radical (unpaired) electrons. The third-order valence-electron chi connectivity index (χ3n) is 3.35. The van der Waals surface area contributed by atoms with Crippen molar-refractivity contribution in [3.8, 4) is 0 Å². The molecule has 0 atom stereocenters. The first-order chi connectivity index (χ1) is 11.2. The van der Waals surface area contributed by atoms with Crippen molar-refractivity contribution in [3.63, 3.8) is 0 Å². The maximum atomic E-state index is 12.5. The summed E-state index contributed by atoms with van der Waals surface area (Å²) in [5, 5.41) is 6.27. The molecule has 3 rings (SSSR count). The van der Waals surface area contributed by atoms with Gasteiger partial charge >= 0.3 is 0 Å². The molecule has 0 aliphatic rings. The molecule has 0 saturated heterocycles. The lowest BCUT2D eigenvalue weighted by molar-refractivity contribution is 0.102. The van der Waals surface area contributed by atoms with Crippen LogP contribution >= 0.6 is 15.9 Å². The molecule has 3 aromatic rings. The zero-order valence-electron chi connectivity index (χ0n) is 12.3. The number of benzene rings is 3. The Kier molecular flexibility index (Phi) is 4.74. The van der Waals surface area contributed by atoms with E-state index in [2.05, 4.69) is 26.6 Å². The second kappa shape index (κ2) is 7.11. The van der Waals surface area contributed by atoms with Gasteiger partial charge in [-0.25, -0.2) is 0 Å². The average Bonchev–Trinajstić information content (AvgIpc) is 2.58. The molecular weight excluding hydrogens is 352 g/mol. The van der Waals surface area contributed by atoms with Crippen LogP contribution in [0.4, 0.5) is 17.1 Å². The fourth-order valence-corrected chi connectivity index (χ4v) is 2.68. The van der Waals surface area contributed by atoms with Crippen LogP contribution in [0.25, 0.3) is 0 Å². The number of hydrogen-bond acceptors (Lipinski definition) is 2. The molecule has 23 heavy (non-hydrogen) atoms. The van der Waals surface area contributed by atoms with Crippen LogP contribution in [-0.2, 0) is 0 Å². The highest BCUT2D eigenvalue weighted by Crippen LogP contribution is 2.26. The Morgan fingerprint density at radius 2 is 1.35 bits per heavy atom. The van der Waals surface area contributed by atoms with Crippen LogP contribution < -0.4 is 10.6 Å². The second-order valence-electron chi connectivity index (χ2n) is 4.97. The largest absolute Gasteiger partial charge is 0.354 e. The van der Waals surface area contributed by atoms with Crippen molar-refractivity contribution in [1.29, 1.82) is 0 Å². The molecule has 4 heteroatoms. The van der Waals surface area contributed by atoms with Gasteiger partial charge in [0, 0.05) is 10.2 Å². The molecule has 3 nitrogen and oxygen atoms in total. The summed E-state index contributed by atoms with van der Waals surface area (Å²) in [6, 6.07) is 24.8. The van der Waals surface area contributed by atoms with Crippen LogP contribution in [0.3, 0.4) is 0 Å². The fourth-order valence-electron chi connectivity index (χ4n) is 2.21. The average molecular weight is 367 g/mol. The van der Waals surface area contributed by atoms with Gasteiger partial charge in [0.25, 0.3) is 5.91 Å². The van der Waals surface area contributed by atoms with Crippen LogP contribution in [0.15, 0.2) is 83.3 Å². The van der Waals surface area contributed by atoms with Gasteiger partial charge in [0.2, 0.25) is 0 Å². The monoisotopic (exact) mass is 366 g/mol. The number of hydrogen-bond donors (Lipinski definition) is 2. The normalized spacial score (nSPS) is 10.1. The minimum atomic E-state index is -0.153. The number of rotatable bonds is 4. The van der Waals surface area contributed by atoms with Crippen molar-refractivity contribution in [1.82, 2.24) is 0 Å². The van der Waals surface area contributed by atoms with Crippen molar-refractivity contribution in [2.75, 3.05) is 10.6 Å². The number of anilines is 3. The lowest BCUT2D eigenvalue weighted by Gasteiger charge is -2.13. The minimum Gasteiger partial charge on any atom is -0.354 e. The first-order valence-electron chi connectivity index (χ1n) is 7.21. The van der Waals surface area contributed by atoms with E-state index in [-0.39, 0.29) is 5.91 Å². The summed E-state index contributed by atoms with van der Waals surface area (Å²) in [6.45, 7) is 0. The molecule has 0 aliphatic heterocycles. The van der Waals surface area contributed by atoms with E-state index in [1.807, 2.05) is 72.8 Å². The van der Waals surface area contributed by atoms with Gasteiger partial charge in [0.15, 0.2) is 0 Å². The number of carbonyl (C=O) groups is 1. The Bertz CT molecular complexity index is 818. The maximum absolute atomic E-state index is 12.5. The minimum absolute atomic E-state index is 0.153. The van der Waals surface area contributed by atoms with E-state index < -0.39 is 0 Å². The lowest BCUT2D eigenvalue weighted by Crippen LogP contribution is -2.13. The number of halogens is 1. The molecule has 1 amide bonds. The topological polar surface area (TPSA) is 41.1 Å². The van der Waals surface area contributed by atoms with Crippen LogP contribution in [-0.4, -0.2) is 5.91 Å². The third kappa shape index (κ3) is 3.79. The van der Waals surface area contributed by atoms with E-state index >= 15 is 0 Å². The van der Waals surface area contributed by atoms with Crippen LogP contribution in [0, 0.1) is 0 Å². The van der Waals surface area contributed by atoms with Gasteiger partial charge in [-0.1, -0.05) is 42.5 Å². The van der Waals surface area contributed by atoms with E-state index in [1.165, 1.54) is 0 Å². The Hall–Kier alpha value is -2.59. The molecule has 0 aliphatic carbocycles. The molecule has 3 aromatic carbocycles. The molecular formula is C19H15BrN2O. The van der Waals surface area contributed by atoms with E-state index in [4.69, 9.17) is 0 Å². The molecule has 114 valence electrons. The van der Waals surface area contributed by atoms with Gasteiger partial charge < -0.3 is 10.6 Å². The predicted octanol–water partition coefficient (Wildman–Crippen LogP) is 5.45. The lowest BCUT2D eigenvalue weighted by atomic mass is 10.2. The SMILES string of the molecule is O=C(Nc1ccccc1Nc1ccccc1)c1ccccc1Br. The van der Waals surface area contributed by atoms with E-state index in [9.17, 15) is 4.79 Å². The second-order valence-corrected chi connectivity index (χ2v) is 5.82. The molecule has 0 heterocycles. The van der Waals surface area contributed by atoms with Crippen LogP contribution in [0.1, 0.15) is 10.4 Å². The molecule has 0 bridgehead atoms. The van der Waals surface area contributed by atoms with Crippen LogP contribution in [0.2, 0.25) is 0 Å². The van der Waals surface area contributed by atoms with Gasteiger partial charge in [-0.15, -0.1) is 0 Å². The van der Waals surface area contributed by atoms with Gasteiger partial charge in [0.05, 0.1) is 16.9 Å². The Morgan fingerprint density at radius 1 is 0.739 bits per heavy atom. The van der Waals surface area contributed by atoms with E-state index in [1.54, 1.807) is 6.07 Å². The number of nitrogens with one attached hydrogen (secondary N) is 2. The fraction of sp³-hybridized carbons (Fsp3) is 0. The van der Waals surface area contributed by atoms with E-state index in [0.717, 1.165) is 21.5 Å². The standard InChI is InChI=1S/C19H15BrN2O/c20-16-11-5-4-10-15(16)19(23)22-18-13-7-6-12-17(18)21-14-8-2-1-3-9-14/h1-13,21H,(H,22,23). The highest BCUT2D eigenvalue weighted by Gasteiger charge is 2.11. The summed E-state index contributed by atoms with van der Waals surface area (Å²) in [6.07, 6.45) is 0. The van der Waals surface area contributed by atoms with Crippen molar-refractivity contribution >= 4 is 38.9 Å². The smallest absolute Gasteiger partial charge is 0.256 e. The first kappa shape index (κ1) is 15.3. The summed E-state index contributed by atoms with van der Waals surface area (Å²) in [4.78, 5) is 12.5. The third-order valence-corrected chi connectivity index (χ3v) is 4.04. The molecule has 0 aromatic heterocycles. The predicted molar refractivity (Wildman–Crippen MR) is 98.3 cm³/mol. The van der Waals surface area contributed by atoms with Crippen molar-refractivity contribution in [2.45, 2.75) is 0 Å². The van der Waals surface area contributed by atoms with Crippen LogP contribution in [0.5, 0.6) is 0 Å². The van der Waals surface area contributed by atoms with Gasteiger partial charge in [-0.05, 0) is 52.3 Å². The van der Waals surface area contributed by atoms with Gasteiger partial charge in [0.1, 0.15) is 0 Å². The summed E-state index contributed by atoms with van der Waals surface area (Å²) in [5.74, 6) is -0.153. The summed E-state index contributed by atoms with van der Waals surface area (Å²) in [7, 11) is 0. The molecule has 0 fully saturated rings.